The van der Waals surface area contributed by atoms with Crippen LogP contribution in [-0.4, -0.2) is 19.0 Å². The van der Waals surface area contributed by atoms with Crippen LogP contribution in [0.25, 0.3) is 0 Å². The lowest BCUT2D eigenvalue weighted by Crippen LogP contribution is -2.05. The molecular weight excluding hydrogens is 304 g/mol. The summed E-state index contributed by atoms with van der Waals surface area (Å²) < 4.78 is 56.4. The molecule has 0 atom stereocenters. The van der Waals surface area contributed by atoms with Crippen LogP contribution in [0, 0.1) is 0 Å². The summed E-state index contributed by atoms with van der Waals surface area (Å²) in [6, 6.07) is 10.3. The molecule has 2 aromatic rings. The Labute approximate surface area is 123 Å². The van der Waals surface area contributed by atoms with Gasteiger partial charge in [-0.1, -0.05) is 0 Å². The molecule has 0 N–H and O–H groups in total. The third kappa shape index (κ3) is 4.21. The van der Waals surface area contributed by atoms with Crippen LogP contribution < -0.4 is 9.47 Å². The number of hydrogen-bond donors (Lipinski definition) is 0. The molecule has 0 aliphatic rings. The summed E-state index contributed by atoms with van der Waals surface area (Å²) in [4.78, 5) is 12.1. The number of rotatable bonds is 6. The van der Waals surface area contributed by atoms with Crippen molar-refractivity contribution in [2.24, 2.45) is 0 Å². The third-order valence-corrected chi connectivity index (χ3v) is 2.68. The molecule has 0 aromatic heterocycles. The summed E-state index contributed by atoms with van der Waals surface area (Å²) in [5, 5.41) is 0. The average Bonchev–Trinajstić information content (AvgIpc) is 2.47. The number of benzene rings is 2. The van der Waals surface area contributed by atoms with Crippen molar-refractivity contribution in [3.63, 3.8) is 0 Å². The molecule has 7 heteroatoms. The zero-order chi connectivity index (χ0) is 16.1. The quantitative estimate of drug-likeness (QED) is 0.594. The van der Waals surface area contributed by atoms with E-state index in [0.29, 0.717) is 0 Å². The van der Waals surface area contributed by atoms with Gasteiger partial charge >= 0.3 is 13.2 Å². The first-order valence-electron chi connectivity index (χ1n) is 6.10. The summed E-state index contributed by atoms with van der Waals surface area (Å²) in [5.74, 6) is -0.508. The molecule has 0 heterocycles. The zero-order valence-corrected chi connectivity index (χ0v) is 11.0. The van der Waals surface area contributed by atoms with Gasteiger partial charge in [-0.3, -0.25) is 4.79 Å². The van der Waals surface area contributed by atoms with Crippen LogP contribution in [0.5, 0.6) is 11.5 Å². The normalized spacial score (nSPS) is 10.8. The maximum atomic E-state index is 12.1. The highest BCUT2D eigenvalue weighted by Crippen LogP contribution is 2.19. The fraction of sp³-hybridized carbons (Fsp3) is 0.133. The predicted molar refractivity (Wildman–Crippen MR) is 69.6 cm³/mol. The van der Waals surface area contributed by atoms with E-state index in [2.05, 4.69) is 9.47 Å². The van der Waals surface area contributed by atoms with Crippen molar-refractivity contribution in [2.45, 2.75) is 13.2 Å². The largest absolute Gasteiger partial charge is 0.435 e. The zero-order valence-electron chi connectivity index (χ0n) is 11.0. The molecule has 2 rings (SSSR count). The molecule has 22 heavy (non-hydrogen) atoms. The number of halogens is 4. The van der Waals surface area contributed by atoms with Crippen molar-refractivity contribution >= 4 is 5.78 Å². The van der Waals surface area contributed by atoms with Crippen molar-refractivity contribution in [1.29, 1.82) is 0 Å². The van der Waals surface area contributed by atoms with Gasteiger partial charge in [-0.05, 0) is 48.5 Å². The minimum Gasteiger partial charge on any atom is -0.435 e. The minimum atomic E-state index is -2.94. The van der Waals surface area contributed by atoms with Crippen LogP contribution >= 0.6 is 0 Å². The lowest BCUT2D eigenvalue weighted by molar-refractivity contribution is -0.0505. The number of carbonyl (C=O) groups excluding carboxylic acids is 1. The van der Waals surface area contributed by atoms with Crippen molar-refractivity contribution in [2.75, 3.05) is 0 Å². The van der Waals surface area contributed by atoms with Gasteiger partial charge in [-0.25, -0.2) is 0 Å². The second-order valence-electron chi connectivity index (χ2n) is 4.13. The molecule has 116 valence electrons. The van der Waals surface area contributed by atoms with Crippen LogP contribution in [0.3, 0.4) is 0 Å². The van der Waals surface area contributed by atoms with E-state index in [4.69, 9.17) is 0 Å². The Morgan fingerprint density at radius 3 is 1.27 bits per heavy atom. The fourth-order valence-electron chi connectivity index (χ4n) is 1.74. The smallest absolute Gasteiger partial charge is 0.387 e. The van der Waals surface area contributed by atoms with E-state index in [0.717, 1.165) is 0 Å². The SMILES string of the molecule is O=C(c1ccc(OC(F)F)cc1)c1ccc(OC(F)F)cc1. The van der Waals surface area contributed by atoms with E-state index >= 15 is 0 Å². The number of carbonyl (C=O) groups is 1. The van der Waals surface area contributed by atoms with E-state index < -0.39 is 13.2 Å². The van der Waals surface area contributed by atoms with Crippen LogP contribution in [0.1, 0.15) is 15.9 Å². The molecule has 3 nitrogen and oxygen atoms in total. The molecule has 0 unspecified atom stereocenters. The Morgan fingerprint density at radius 1 is 0.682 bits per heavy atom. The highest BCUT2D eigenvalue weighted by molar-refractivity contribution is 6.09. The second kappa shape index (κ2) is 6.93. The van der Waals surface area contributed by atoms with Gasteiger partial charge in [-0.15, -0.1) is 0 Å². The van der Waals surface area contributed by atoms with E-state index in [1.54, 1.807) is 0 Å². The van der Waals surface area contributed by atoms with Gasteiger partial charge in [0.25, 0.3) is 0 Å². The van der Waals surface area contributed by atoms with Crippen LogP contribution in [0.4, 0.5) is 17.6 Å². The Hall–Kier alpha value is -2.57. The van der Waals surface area contributed by atoms with Gasteiger partial charge in [0.05, 0.1) is 0 Å². The average molecular weight is 314 g/mol. The van der Waals surface area contributed by atoms with E-state index in [-0.39, 0.29) is 28.4 Å². The van der Waals surface area contributed by atoms with Gasteiger partial charge in [0.2, 0.25) is 0 Å². The van der Waals surface area contributed by atoms with Crippen molar-refractivity contribution < 1.29 is 31.8 Å². The summed E-state index contributed by atoms with van der Waals surface area (Å²) in [7, 11) is 0. The molecule has 2 aromatic carbocycles. The first kappa shape index (κ1) is 15.8. The number of ketones is 1. The summed E-state index contributed by atoms with van der Waals surface area (Å²) >= 11 is 0. The lowest BCUT2D eigenvalue weighted by atomic mass is 10.0. The molecule has 0 amide bonds. The van der Waals surface area contributed by atoms with Crippen molar-refractivity contribution in [3.8, 4) is 11.5 Å². The molecule has 0 saturated heterocycles. The molecule has 0 aliphatic carbocycles. The molecule has 0 bridgehead atoms. The van der Waals surface area contributed by atoms with E-state index in [9.17, 15) is 22.4 Å². The summed E-state index contributed by atoms with van der Waals surface area (Å²) in [6.45, 7) is -5.88. The Bertz CT molecular complexity index is 569. The Balaban J connectivity index is 2.10. The standard InChI is InChI=1S/C15H10F4O3/c16-14(17)21-11-5-1-9(2-6-11)13(20)10-3-7-12(8-4-10)22-15(18)19/h1-8,14-15H. The Kier molecular flexibility index (Phi) is 4.98. The number of ether oxygens (including phenoxy) is 2. The first-order valence-corrected chi connectivity index (χ1v) is 6.10. The molecular formula is C15H10F4O3. The molecule has 0 aliphatic heterocycles. The predicted octanol–water partition coefficient (Wildman–Crippen LogP) is 4.12. The van der Waals surface area contributed by atoms with Crippen molar-refractivity contribution in [3.05, 3.63) is 59.7 Å². The minimum absolute atomic E-state index is 0.0627. The van der Waals surface area contributed by atoms with Gasteiger partial charge in [0.15, 0.2) is 5.78 Å². The summed E-state index contributed by atoms with van der Waals surface area (Å²) in [6.07, 6.45) is 0. The van der Waals surface area contributed by atoms with Gasteiger partial charge < -0.3 is 9.47 Å². The monoisotopic (exact) mass is 314 g/mol. The maximum Gasteiger partial charge on any atom is 0.387 e. The fourth-order valence-corrected chi connectivity index (χ4v) is 1.74. The highest BCUT2D eigenvalue weighted by atomic mass is 19.3. The summed E-state index contributed by atoms with van der Waals surface area (Å²) in [5.41, 5.74) is 0.508. The Morgan fingerprint density at radius 2 is 1.00 bits per heavy atom. The van der Waals surface area contributed by atoms with Gasteiger partial charge in [-0.2, -0.15) is 17.6 Å². The van der Waals surface area contributed by atoms with Crippen molar-refractivity contribution in [1.82, 2.24) is 0 Å². The first-order chi connectivity index (χ1) is 10.5. The van der Waals surface area contributed by atoms with E-state index in [1.165, 1.54) is 48.5 Å². The second-order valence-corrected chi connectivity index (χ2v) is 4.13. The lowest BCUT2D eigenvalue weighted by Gasteiger charge is -2.07. The number of alkyl halides is 4. The molecule has 0 radical (unpaired) electrons. The van der Waals surface area contributed by atoms with Crippen LogP contribution in [0.15, 0.2) is 48.5 Å². The van der Waals surface area contributed by atoms with Crippen LogP contribution in [0.2, 0.25) is 0 Å². The highest BCUT2D eigenvalue weighted by Gasteiger charge is 2.11. The molecule has 0 saturated carbocycles. The van der Waals surface area contributed by atoms with Gasteiger partial charge in [0.1, 0.15) is 11.5 Å². The molecule has 0 fully saturated rings. The van der Waals surface area contributed by atoms with Crippen LogP contribution in [-0.2, 0) is 0 Å². The maximum absolute atomic E-state index is 12.1. The molecule has 0 spiro atoms. The van der Waals surface area contributed by atoms with Gasteiger partial charge in [0, 0.05) is 11.1 Å². The number of hydrogen-bond acceptors (Lipinski definition) is 3. The topological polar surface area (TPSA) is 35.5 Å². The third-order valence-electron chi connectivity index (χ3n) is 2.68. The van der Waals surface area contributed by atoms with E-state index in [1.807, 2.05) is 0 Å².